The third-order valence-electron chi connectivity index (χ3n) is 4.88. The molecule has 5 heterocycles. The Kier molecular flexibility index (Phi) is 3.34. The zero-order valence-electron chi connectivity index (χ0n) is 13.6. The van der Waals surface area contributed by atoms with Gasteiger partial charge in [0.05, 0.1) is 10.2 Å². The molecule has 0 radical (unpaired) electrons. The van der Waals surface area contributed by atoms with Crippen molar-refractivity contribution in [2.75, 3.05) is 13.1 Å². The number of pyridine rings is 1. The van der Waals surface area contributed by atoms with Gasteiger partial charge in [-0.1, -0.05) is 6.07 Å². The predicted octanol–water partition coefficient (Wildman–Crippen LogP) is 3.29. The fourth-order valence-corrected chi connectivity index (χ4v) is 4.43. The lowest BCUT2D eigenvalue weighted by molar-refractivity contribution is 0.0699. The minimum absolute atomic E-state index is 0.0712. The van der Waals surface area contributed by atoms with Crippen LogP contribution in [0.5, 0.6) is 0 Å². The van der Waals surface area contributed by atoms with E-state index in [-0.39, 0.29) is 11.8 Å². The molecule has 0 saturated carbocycles. The van der Waals surface area contributed by atoms with Crippen molar-refractivity contribution < 1.29 is 4.79 Å². The second kappa shape index (κ2) is 5.70. The normalized spacial score (nSPS) is 18.2. The van der Waals surface area contributed by atoms with Gasteiger partial charge in [-0.15, -0.1) is 21.5 Å². The van der Waals surface area contributed by atoms with Gasteiger partial charge in [-0.2, -0.15) is 0 Å². The minimum Gasteiger partial charge on any atom is -0.350 e. The molecular weight excluding hydrogens is 334 g/mol. The van der Waals surface area contributed by atoms with Gasteiger partial charge in [-0.05, 0) is 42.5 Å². The molecule has 1 amide bonds. The van der Waals surface area contributed by atoms with Crippen molar-refractivity contribution >= 4 is 33.1 Å². The smallest absolute Gasteiger partial charge is 0.270 e. The molecule has 7 heteroatoms. The molecule has 126 valence electrons. The monoisotopic (exact) mass is 351 g/mol. The van der Waals surface area contributed by atoms with Crippen LogP contribution in [0.3, 0.4) is 0 Å². The molecule has 0 spiro atoms. The molecule has 0 bridgehead atoms. The van der Waals surface area contributed by atoms with Crippen LogP contribution in [0.1, 0.15) is 35.1 Å². The zero-order valence-corrected chi connectivity index (χ0v) is 14.4. The third kappa shape index (κ3) is 2.42. The Bertz CT molecular complexity index is 1030. The van der Waals surface area contributed by atoms with Gasteiger partial charge in [0.15, 0.2) is 5.65 Å². The lowest BCUT2D eigenvalue weighted by Gasteiger charge is -2.31. The molecule has 0 aliphatic carbocycles. The zero-order chi connectivity index (χ0) is 16.8. The highest BCUT2D eigenvalue weighted by molar-refractivity contribution is 7.17. The van der Waals surface area contributed by atoms with Crippen molar-refractivity contribution in [2.24, 2.45) is 0 Å². The average Bonchev–Trinajstić information content (AvgIpc) is 3.35. The van der Waals surface area contributed by atoms with E-state index in [9.17, 15) is 4.79 Å². The molecule has 1 N–H and O–H groups in total. The molecule has 4 aromatic rings. The first-order valence-corrected chi connectivity index (χ1v) is 9.33. The lowest BCUT2D eigenvalue weighted by Crippen LogP contribution is -2.39. The van der Waals surface area contributed by atoms with E-state index in [1.165, 1.54) is 0 Å². The summed E-state index contributed by atoms with van der Waals surface area (Å²) >= 11 is 1.65. The number of hydrogen-bond acceptors (Lipinski definition) is 4. The number of amides is 1. The summed E-state index contributed by atoms with van der Waals surface area (Å²) in [5.74, 6) is 1.23. The van der Waals surface area contributed by atoms with Crippen molar-refractivity contribution in [3.63, 3.8) is 0 Å². The number of fused-ring (bicyclic) bond motifs is 2. The summed E-state index contributed by atoms with van der Waals surface area (Å²) in [6.45, 7) is 1.47. The van der Waals surface area contributed by atoms with E-state index in [0.29, 0.717) is 12.2 Å². The Balaban J connectivity index is 1.42. The Morgan fingerprint density at radius 2 is 2.24 bits per heavy atom. The van der Waals surface area contributed by atoms with Crippen molar-refractivity contribution in [3.05, 3.63) is 53.4 Å². The molecule has 0 aromatic carbocycles. The van der Waals surface area contributed by atoms with Crippen LogP contribution < -0.4 is 0 Å². The summed E-state index contributed by atoms with van der Waals surface area (Å²) in [5, 5.41) is 10.7. The van der Waals surface area contributed by atoms with Crippen LogP contribution in [-0.2, 0) is 0 Å². The fourth-order valence-electron chi connectivity index (χ4n) is 3.64. The molecule has 25 heavy (non-hydrogen) atoms. The van der Waals surface area contributed by atoms with E-state index < -0.39 is 0 Å². The number of carbonyl (C=O) groups is 1. The average molecular weight is 351 g/mol. The van der Waals surface area contributed by atoms with E-state index in [0.717, 1.165) is 41.1 Å². The van der Waals surface area contributed by atoms with Crippen LogP contribution in [0.2, 0.25) is 0 Å². The van der Waals surface area contributed by atoms with Crippen molar-refractivity contribution in [3.8, 4) is 0 Å². The van der Waals surface area contributed by atoms with Crippen LogP contribution in [0.25, 0.3) is 15.9 Å². The highest BCUT2D eigenvalue weighted by Gasteiger charge is 2.29. The van der Waals surface area contributed by atoms with Crippen LogP contribution in [0.15, 0.2) is 41.9 Å². The third-order valence-corrected chi connectivity index (χ3v) is 5.75. The first-order valence-electron chi connectivity index (χ1n) is 8.45. The molecule has 1 unspecified atom stereocenters. The van der Waals surface area contributed by atoms with Gasteiger partial charge in [-0.25, -0.2) is 0 Å². The number of hydrogen-bond donors (Lipinski definition) is 1. The molecule has 1 fully saturated rings. The Morgan fingerprint density at radius 1 is 1.28 bits per heavy atom. The SMILES string of the molecule is O=C(c1cc2sccc2[nH]1)N1CCCC(c2nnc3ccccn23)C1. The first-order chi connectivity index (χ1) is 12.3. The standard InChI is InChI=1S/C18H17N5OS/c24-18(14-10-15-13(19-14)6-9-25-15)22-7-3-4-12(11-22)17-21-20-16-5-1-2-8-23(16)17/h1-2,5-6,8-10,12,19H,3-4,7,11H2. The number of aromatic amines is 1. The number of likely N-dealkylation sites (tertiary alicyclic amines) is 1. The van der Waals surface area contributed by atoms with Gasteiger partial charge in [0, 0.05) is 25.2 Å². The molecule has 1 aliphatic heterocycles. The lowest BCUT2D eigenvalue weighted by atomic mass is 9.97. The highest BCUT2D eigenvalue weighted by Crippen LogP contribution is 2.28. The highest BCUT2D eigenvalue weighted by atomic mass is 32.1. The van der Waals surface area contributed by atoms with E-state index in [1.54, 1.807) is 11.3 Å². The summed E-state index contributed by atoms with van der Waals surface area (Å²) in [6.07, 6.45) is 4.00. The van der Waals surface area contributed by atoms with Gasteiger partial charge in [0.2, 0.25) is 0 Å². The number of rotatable bonds is 2. The summed E-state index contributed by atoms with van der Waals surface area (Å²) < 4.78 is 3.16. The van der Waals surface area contributed by atoms with E-state index in [1.807, 2.05) is 51.2 Å². The fraction of sp³-hybridized carbons (Fsp3) is 0.278. The maximum absolute atomic E-state index is 12.9. The molecular formula is C18H17N5OS. The topological polar surface area (TPSA) is 66.3 Å². The van der Waals surface area contributed by atoms with E-state index in [2.05, 4.69) is 15.2 Å². The summed E-state index contributed by atoms with van der Waals surface area (Å²) in [5.41, 5.74) is 2.56. The maximum atomic E-state index is 12.9. The van der Waals surface area contributed by atoms with E-state index in [4.69, 9.17) is 0 Å². The quantitative estimate of drug-likeness (QED) is 0.603. The molecule has 1 atom stereocenters. The number of carbonyl (C=O) groups excluding carboxylic acids is 1. The predicted molar refractivity (Wildman–Crippen MR) is 97.0 cm³/mol. The van der Waals surface area contributed by atoms with E-state index >= 15 is 0 Å². The number of thiophene rings is 1. The van der Waals surface area contributed by atoms with Crippen LogP contribution >= 0.6 is 11.3 Å². The molecule has 4 aromatic heterocycles. The molecule has 6 nitrogen and oxygen atoms in total. The molecule has 1 aliphatic rings. The van der Waals surface area contributed by atoms with Gasteiger partial charge < -0.3 is 9.88 Å². The number of piperidine rings is 1. The first kappa shape index (κ1) is 14.7. The Morgan fingerprint density at radius 3 is 3.16 bits per heavy atom. The van der Waals surface area contributed by atoms with Gasteiger partial charge in [0.1, 0.15) is 11.5 Å². The van der Waals surface area contributed by atoms with Gasteiger partial charge in [-0.3, -0.25) is 9.20 Å². The van der Waals surface area contributed by atoms with Crippen LogP contribution in [-0.4, -0.2) is 43.5 Å². The number of aromatic nitrogens is 4. The second-order valence-corrected chi connectivity index (χ2v) is 7.41. The largest absolute Gasteiger partial charge is 0.350 e. The molecule has 5 rings (SSSR count). The van der Waals surface area contributed by atoms with Crippen molar-refractivity contribution in [1.29, 1.82) is 0 Å². The minimum atomic E-state index is 0.0712. The second-order valence-electron chi connectivity index (χ2n) is 6.46. The van der Waals surface area contributed by atoms with Gasteiger partial charge in [0.25, 0.3) is 5.91 Å². The Hall–Kier alpha value is -2.67. The summed E-state index contributed by atoms with van der Waals surface area (Å²) in [7, 11) is 0. The molecule has 1 saturated heterocycles. The van der Waals surface area contributed by atoms with Gasteiger partial charge >= 0.3 is 0 Å². The number of nitrogens with one attached hydrogen (secondary N) is 1. The summed E-state index contributed by atoms with van der Waals surface area (Å²) in [6, 6.07) is 9.86. The maximum Gasteiger partial charge on any atom is 0.270 e. The van der Waals surface area contributed by atoms with Crippen LogP contribution in [0, 0.1) is 0 Å². The number of H-pyrrole nitrogens is 1. The number of nitrogens with zero attached hydrogens (tertiary/aromatic N) is 4. The summed E-state index contributed by atoms with van der Waals surface area (Å²) in [4.78, 5) is 18.1. The van der Waals surface area contributed by atoms with Crippen molar-refractivity contribution in [1.82, 2.24) is 24.5 Å². The Labute approximate surface area is 148 Å². The van der Waals surface area contributed by atoms with Crippen molar-refractivity contribution in [2.45, 2.75) is 18.8 Å². The van der Waals surface area contributed by atoms with Crippen LogP contribution in [0.4, 0.5) is 0 Å².